The maximum atomic E-state index is 13.9. The summed E-state index contributed by atoms with van der Waals surface area (Å²) in [6.45, 7) is 14.2. The lowest BCUT2D eigenvalue weighted by molar-refractivity contribution is 0.628. The maximum Gasteiger partial charge on any atom is 0.161 e. The highest BCUT2D eigenvalue weighted by molar-refractivity contribution is 5.95. The zero-order valence-corrected chi connectivity index (χ0v) is 21.5. The number of nitrogens with one attached hydrogen (secondary N) is 3. The van der Waals surface area contributed by atoms with Crippen molar-refractivity contribution in [2.45, 2.75) is 20.8 Å². The van der Waals surface area contributed by atoms with Gasteiger partial charge in [-0.3, -0.25) is 10.1 Å². The average Bonchev–Trinajstić information content (AvgIpc) is 3.54. The number of halogens is 1. The lowest BCUT2D eigenvalue weighted by Crippen LogP contribution is -2.14. The number of rotatable bonds is 8. The Balaban J connectivity index is 1.56. The number of fused-ring (bicyclic) bond motifs is 2. The molecule has 0 amide bonds. The van der Waals surface area contributed by atoms with Gasteiger partial charge in [-0.15, -0.1) is 0 Å². The zero-order valence-electron chi connectivity index (χ0n) is 21.5. The summed E-state index contributed by atoms with van der Waals surface area (Å²) >= 11 is 0. The van der Waals surface area contributed by atoms with Gasteiger partial charge in [0.1, 0.15) is 11.3 Å². The van der Waals surface area contributed by atoms with E-state index in [-0.39, 0.29) is 11.7 Å². The molecule has 0 aliphatic rings. The predicted octanol–water partition coefficient (Wildman–Crippen LogP) is 6.93. The van der Waals surface area contributed by atoms with Gasteiger partial charge in [0.2, 0.25) is 0 Å². The van der Waals surface area contributed by atoms with Crippen LogP contribution in [0.25, 0.3) is 50.3 Å². The van der Waals surface area contributed by atoms with E-state index in [0.717, 1.165) is 39.3 Å². The van der Waals surface area contributed by atoms with E-state index < -0.39 is 0 Å². The van der Waals surface area contributed by atoms with Gasteiger partial charge in [0, 0.05) is 23.2 Å². The molecule has 0 radical (unpaired) electrons. The van der Waals surface area contributed by atoms with Crippen LogP contribution in [0.3, 0.4) is 0 Å². The van der Waals surface area contributed by atoms with Gasteiger partial charge in [-0.2, -0.15) is 5.10 Å². The molecule has 5 rings (SSSR count). The van der Waals surface area contributed by atoms with Gasteiger partial charge in [-0.25, -0.2) is 14.4 Å². The molecule has 3 N–H and O–H groups in total. The minimum absolute atomic E-state index is 0.288. The number of H-pyrrole nitrogens is 2. The number of imidazole rings is 1. The SMILES string of the molecule is C=C/C(=C\C(=C/C)c1ccc2[nH]nc(-c3nc4c(-c5cccc(F)c5)cncc4[nH]3)c2n1)NC(=C)C(C)C. The molecule has 38 heavy (non-hydrogen) atoms. The summed E-state index contributed by atoms with van der Waals surface area (Å²) in [6.07, 6.45) is 9.13. The van der Waals surface area contributed by atoms with E-state index in [1.165, 1.54) is 12.1 Å². The van der Waals surface area contributed by atoms with Crippen molar-refractivity contribution in [2.75, 3.05) is 0 Å². The number of aromatic nitrogens is 6. The van der Waals surface area contributed by atoms with Gasteiger partial charge < -0.3 is 10.3 Å². The second-order valence-electron chi connectivity index (χ2n) is 9.20. The molecule has 5 aromatic rings. The molecule has 7 nitrogen and oxygen atoms in total. The van der Waals surface area contributed by atoms with Crippen LogP contribution in [0.5, 0.6) is 0 Å². The number of hydrogen-bond acceptors (Lipinski definition) is 5. The standard InChI is InChI=1S/C30H28FN7/c1-6-19(14-22(7-2)33-18(5)17(3)4)24-11-12-25-28(34-24)29(38-37-25)30-35-26-16-32-15-23(27(26)36-30)20-9-8-10-21(31)13-20/h6-17,33H,2,5H2,1,3-4H3,(H,35,36)(H,37,38)/b19-6+,22-14+. The summed E-state index contributed by atoms with van der Waals surface area (Å²) in [5.74, 6) is 0.513. The fraction of sp³-hybridized carbons (Fsp3) is 0.133. The highest BCUT2D eigenvalue weighted by Crippen LogP contribution is 2.31. The first-order valence-corrected chi connectivity index (χ1v) is 12.3. The largest absolute Gasteiger partial charge is 0.359 e. The highest BCUT2D eigenvalue weighted by atomic mass is 19.1. The van der Waals surface area contributed by atoms with Crippen molar-refractivity contribution in [3.63, 3.8) is 0 Å². The Hall–Kier alpha value is -4.85. The van der Waals surface area contributed by atoms with Crippen LogP contribution in [0.15, 0.2) is 91.6 Å². The third kappa shape index (κ3) is 4.76. The summed E-state index contributed by atoms with van der Waals surface area (Å²) in [6, 6.07) is 10.3. The van der Waals surface area contributed by atoms with Crippen LogP contribution in [0, 0.1) is 11.7 Å². The van der Waals surface area contributed by atoms with Gasteiger partial charge >= 0.3 is 0 Å². The smallest absolute Gasteiger partial charge is 0.161 e. The maximum absolute atomic E-state index is 13.9. The molecule has 0 saturated heterocycles. The van der Waals surface area contributed by atoms with Crippen LogP contribution in [0.1, 0.15) is 26.5 Å². The van der Waals surface area contributed by atoms with Gasteiger partial charge in [-0.1, -0.05) is 45.2 Å². The second kappa shape index (κ2) is 10.3. The van der Waals surface area contributed by atoms with E-state index in [4.69, 9.17) is 9.97 Å². The predicted molar refractivity (Wildman–Crippen MR) is 151 cm³/mol. The van der Waals surface area contributed by atoms with E-state index >= 15 is 0 Å². The van der Waals surface area contributed by atoms with Crippen molar-refractivity contribution in [3.8, 4) is 22.6 Å². The van der Waals surface area contributed by atoms with Crippen molar-refractivity contribution in [2.24, 2.45) is 5.92 Å². The van der Waals surface area contributed by atoms with Crippen LogP contribution < -0.4 is 5.32 Å². The lowest BCUT2D eigenvalue weighted by atomic mass is 10.1. The minimum Gasteiger partial charge on any atom is -0.359 e. The van der Waals surface area contributed by atoms with E-state index in [0.29, 0.717) is 28.1 Å². The molecule has 0 unspecified atom stereocenters. The normalized spacial score (nSPS) is 12.4. The molecule has 0 fully saturated rings. The first-order chi connectivity index (χ1) is 18.4. The summed E-state index contributed by atoms with van der Waals surface area (Å²) in [5, 5.41) is 10.9. The molecule has 4 aromatic heterocycles. The molecular weight excluding hydrogens is 477 g/mol. The molecule has 0 aliphatic heterocycles. The molecule has 8 heteroatoms. The van der Waals surface area contributed by atoms with Gasteiger partial charge in [0.15, 0.2) is 11.5 Å². The Bertz CT molecular complexity index is 1740. The Morgan fingerprint density at radius 1 is 1.08 bits per heavy atom. The molecule has 0 bridgehead atoms. The fourth-order valence-corrected chi connectivity index (χ4v) is 4.09. The van der Waals surface area contributed by atoms with Crippen molar-refractivity contribution in [1.82, 2.24) is 35.5 Å². The number of hydrogen-bond donors (Lipinski definition) is 3. The van der Waals surface area contributed by atoms with Crippen LogP contribution in [0.4, 0.5) is 4.39 Å². The zero-order chi connectivity index (χ0) is 26.8. The van der Waals surface area contributed by atoms with E-state index in [1.54, 1.807) is 24.5 Å². The fourth-order valence-electron chi connectivity index (χ4n) is 4.09. The van der Waals surface area contributed by atoms with Crippen LogP contribution in [-0.4, -0.2) is 30.1 Å². The molecule has 0 saturated carbocycles. The quantitative estimate of drug-likeness (QED) is 0.199. The van der Waals surface area contributed by atoms with Gasteiger partial charge in [0.05, 0.1) is 28.4 Å². The number of nitrogens with zero attached hydrogens (tertiary/aromatic N) is 4. The number of pyridine rings is 2. The molecule has 0 aliphatic carbocycles. The van der Waals surface area contributed by atoms with Crippen LogP contribution in [-0.2, 0) is 0 Å². The molecular formula is C30H28FN7. The topological polar surface area (TPSA) is 95.2 Å². The Morgan fingerprint density at radius 2 is 1.92 bits per heavy atom. The van der Waals surface area contributed by atoms with Gasteiger partial charge in [0.25, 0.3) is 0 Å². The number of aromatic amines is 2. The summed E-state index contributed by atoms with van der Waals surface area (Å²) in [4.78, 5) is 17.4. The average molecular weight is 506 g/mol. The molecule has 0 atom stereocenters. The molecule has 0 spiro atoms. The number of allylic oxidation sites excluding steroid dienone is 5. The first kappa shape index (κ1) is 24.8. The van der Waals surface area contributed by atoms with E-state index in [1.807, 2.05) is 37.3 Å². The first-order valence-electron chi connectivity index (χ1n) is 12.3. The molecule has 1 aromatic carbocycles. The summed E-state index contributed by atoms with van der Waals surface area (Å²) < 4.78 is 13.9. The van der Waals surface area contributed by atoms with Crippen molar-refractivity contribution in [1.29, 1.82) is 0 Å². The minimum atomic E-state index is -0.317. The second-order valence-corrected chi connectivity index (χ2v) is 9.20. The molecule has 190 valence electrons. The van der Waals surface area contributed by atoms with Crippen molar-refractivity contribution >= 4 is 27.6 Å². The van der Waals surface area contributed by atoms with Crippen LogP contribution in [0.2, 0.25) is 0 Å². The number of benzene rings is 1. The summed E-state index contributed by atoms with van der Waals surface area (Å²) in [7, 11) is 0. The van der Waals surface area contributed by atoms with Crippen molar-refractivity contribution in [3.05, 3.63) is 103 Å². The third-order valence-corrected chi connectivity index (χ3v) is 6.30. The van der Waals surface area contributed by atoms with Crippen LogP contribution >= 0.6 is 0 Å². The van der Waals surface area contributed by atoms with E-state index in [2.05, 4.69) is 52.5 Å². The van der Waals surface area contributed by atoms with Crippen molar-refractivity contribution < 1.29 is 4.39 Å². The monoisotopic (exact) mass is 505 g/mol. The Morgan fingerprint density at radius 3 is 2.66 bits per heavy atom. The lowest BCUT2D eigenvalue weighted by Gasteiger charge is -2.14. The van der Waals surface area contributed by atoms with Gasteiger partial charge in [-0.05, 0) is 60.4 Å². The highest BCUT2D eigenvalue weighted by Gasteiger charge is 2.17. The molecule has 4 heterocycles. The Labute approximate surface area is 220 Å². The third-order valence-electron chi connectivity index (χ3n) is 6.30. The van der Waals surface area contributed by atoms with E-state index in [9.17, 15) is 4.39 Å². The Kier molecular flexibility index (Phi) is 6.70. The summed E-state index contributed by atoms with van der Waals surface area (Å²) in [5.41, 5.74) is 8.30.